The Hall–Kier alpha value is -1.53. The molecule has 0 unspecified atom stereocenters. The van der Waals surface area contributed by atoms with E-state index in [4.69, 9.17) is 11.2 Å². The first-order valence-corrected chi connectivity index (χ1v) is 7.81. The van der Waals surface area contributed by atoms with Crippen LogP contribution in [0.3, 0.4) is 0 Å². The largest absolute Gasteiger partial charge is 0.378 e. The van der Waals surface area contributed by atoms with Gasteiger partial charge in [0.1, 0.15) is 5.82 Å². The van der Waals surface area contributed by atoms with E-state index in [1.54, 1.807) is 6.07 Å². The number of halogens is 2. The smallest absolute Gasteiger partial charge is 0.192 e. The molecule has 0 bridgehead atoms. The van der Waals surface area contributed by atoms with Crippen LogP contribution in [0.25, 0.3) is 0 Å². The highest BCUT2D eigenvalue weighted by atomic mass is 127. The molecule has 0 atom stereocenters. The fraction of sp³-hybridized carbons (Fsp3) is 0.471. The third kappa shape index (κ3) is 6.17. The van der Waals surface area contributed by atoms with Gasteiger partial charge in [-0.25, -0.2) is 9.38 Å². The van der Waals surface area contributed by atoms with E-state index < -0.39 is 0 Å². The normalized spacial score (nSPS) is 14.5. The summed E-state index contributed by atoms with van der Waals surface area (Å²) in [7, 11) is 0. The Morgan fingerprint density at radius 3 is 2.75 bits per heavy atom. The van der Waals surface area contributed by atoms with Crippen LogP contribution in [0.4, 0.5) is 10.1 Å². The minimum Gasteiger partial charge on any atom is -0.378 e. The van der Waals surface area contributed by atoms with Crippen LogP contribution in [0, 0.1) is 18.2 Å². The summed E-state index contributed by atoms with van der Waals surface area (Å²) < 4.78 is 19.6. The number of morpholine rings is 1. The van der Waals surface area contributed by atoms with E-state index in [-0.39, 0.29) is 29.8 Å². The van der Waals surface area contributed by atoms with Gasteiger partial charge in [-0.1, -0.05) is 12.0 Å². The van der Waals surface area contributed by atoms with Crippen molar-refractivity contribution < 1.29 is 9.13 Å². The molecule has 1 aliphatic rings. The lowest BCUT2D eigenvalue weighted by molar-refractivity contribution is 0.122. The molecule has 7 heteroatoms. The number of nitrogens with one attached hydrogen (secondary N) is 2. The molecule has 1 fully saturated rings. The number of hydrogen-bond donors (Lipinski definition) is 2. The first-order chi connectivity index (χ1) is 11.2. The summed E-state index contributed by atoms with van der Waals surface area (Å²) in [6, 6.07) is 5.26. The second-order valence-electron chi connectivity index (χ2n) is 5.14. The van der Waals surface area contributed by atoms with E-state index in [0.717, 1.165) is 25.2 Å². The fourth-order valence-electron chi connectivity index (χ4n) is 2.36. The zero-order valence-electron chi connectivity index (χ0n) is 13.8. The molecule has 1 heterocycles. The Labute approximate surface area is 160 Å². The monoisotopic (exact) mass is 446 g/mol. The van der Waals surface area contributed by atoms with Crippen LogP contribution in [0.15, 0.2) is 23.2 Å². The van der Waals surface area contributed by atoms with Gasteiger partial charge in [-0.3, -0.25) is 0 Å². The van der Waals surface area contributed by atoms with Gasteiger partial charge in [0.25, 0.3) is 0 Å². The molecule has 1 aromatic rings. The third-order valence-corrected chi connectivity index (χ3v) is 3.49. The molecule has 0 aromatic heterocycles. The van der Waals surface area contributed by atoms with Gasteiger partial charge in [-0.2, -0.15) is 0 Å². The van der Waals surface area contributed by atoms with Crippen LogP contribution in [0.5, 0.6) is 0 Å². The molecule has 5 nitrogen and oxygen atoms in total. The minimum absolute atomic E-state index is 0. The number of benzene rings is 1. The Morgan fingerprint density at radius 1 is 1.38 bits per heavy atom. The molecule has 0 aliphatic carbocycles. The van der Waals surface area contributed by atoms with Gasteiger partial charge in [-0.05, 0) is 24.6 Å². The third-order valence-electron chi connectivity index (χ3n) is 3.49. The van der Waals surface area contributed by atoms with Crippen LogP contribution >= 0.6 is 24.0 Å². The van der Waals surface area contributed by atoms with Crippen molar-refractivity contribution in [1.82, 2.24) is 10.6 Å². The quantitative estimate of drug-likeness (QED) is 0.315. The van der Waals surface area contributed by atoms with E-state index in [9.17, 15) is 4.39 Å². The van der Waals surface area contributed by atoms with Crippen LogP contribution in [0.2, 0.25) is 0 Å². The van der Waals surface area contributed by atoms with Crippen LogP contribution in [-0.2, 0) is 11.3 Å². The van der Waals surface area contributed by atoms with E-state index in [1.165, 1.54) is 0 Å². The predicted molar refractivity (Wildman–Crippen MR) is 106 cm³/mol. The summed E-state index contributed by atoms with van der Waals surface area (Å²) in [6.07, 6.45) is 5.23. The zero-order chi connectivity index (χ0) is 16.5. The first kappa shape index (κ1) is 20.5. The van der Waals surface area contributed by atoms with Crippen molar-refractivity contribution in [2.75, 3.05) is 44.3 Å². The summed E-state index contributed by atoms with van der Waals surface area (Å²) >= 11 is 0. The van der Waals surface area contributed by atoms with Gasteiger partial charge in [-0.15, -0.1) is 30.4 Å². The van der Waals surface area contributed by atoms with Crippen molar-refractivity contribution in [3.63, 3.8) is 0 Å². The van der Waals surface area contributed by atoms with E-state index in [0.29, 0.717) is 38.0 Å². The zero-order valence-corrected chi connectivity index (χ0v) is 16.2. The van der Waals surface area contributed by atoms with E-state index >= 15 is 0 Å². The summed E-state index contributed by atoms with van der Waals surface area (Å²) in [4.78, 5) is 6.41. The Kier molecular flexibility index (Phi) is 9.49. The SMILES string of the molecule is C#CCNC(=NCc1ccc(N2CCOCC2)c(F)c1)NCC.I. The van der Waals surface area contributed by atoms with Gasteiger partial charge in [0.15, 0.2) is 5.96 Å². The molecule has 0 saturated carbocycles. The van der Waals surface area contributed by atoms with Gasteiger partial charge >= 0.3 is 0 Å². The highest BCUT2D eigenvalue weighted by molar-refractivity contribution is 14.0. The number of hydrogen-bond acceptors (Lipinski definition) is 3. The molecule has 0 amide bonds. The summed E-state index contributed by atoms with van der Waals surface area (Å²) in [5.74, 6) is 2.91. The fourth-order valence-corrected chi connectivity index (χ4v) is 2.36. The average molecular weight is 446 g/mol. The number of aliphatic imine (C=N–C) groups is 1. The number of ether oxygens (including phenoxy) is 1. The van der Waals surface area contributed by atoms with Crippen LogP contribution in [-0.4, -0.2) is 45.4 Å². The van der Waals surface area contributed by atoms with Gasteiger partial charge < -0.3 is 20.3 Å². The van der Waals surface area contributed by atoms with Crippen molar-refractivity contribution in [2.24, 2.45) is 4.99 Å². The van der Waals surface area contributed by atoms with Crippen LogP contribution < -0.4 is 15.5 Å². The summed E-state index contributed by atoms with van der Waals surface area (Å²) in [6.45, 7) is 6.21. The van der Waals surface area contributed by atoms with E-state index in [1.807, 2.05) is 24.0 Å². The molecular formula is C17H24FIN4O. The predicted octanol–water partition coefficient (Wildman–Crippen LogP) is 1.97. The lowest BCUT2D eigenvalue weighted by Gasteiger charge is -2.29. The molecule has 1 aliphatic heterocycles. The lowest BCUT2D eigenvalue weighted by Crippen LogP contribution is -2.37. The molecular weight excluding hydrogens is 422 g/mol. The number of rotatable bonds is 5. The number of nitrogens with zero attached hydrogens (tertiary/aromatic N) is 2. The molecule has 1 aromatic carbocycles. The molecule has 1 saturated heterocycles. The Morgan fingerprint density at radius 2 is 2.12 bits per heavy atom. The standard InChI is InChI=1S/C17H23FN4O.HI/c1-3-7-20-17(19-4-2)21-13-14-5-6-16(15(18)12-14)22-8-10-23-11-9-22;/h1,5-6,12H,4,7-11,13H2,2H3,(H2,19,20,21);1H. The second kappa shape index (κ2) is 11.1. The van der Waals surface area contributed by atoms with Crippen molar-refractivity contribution in [2.45, 2.75) is 13.5 Å². The Balaban J connectivity index is 0.00000288. The molecule has 24 heavy (non-hydrogen) atoms. The molecule has 0 radical (unpaired) electrons. The second-order valence-corrected chi connectivity index (χ2v) is 5.14. The first-order valence-electron chi connectivity index (χ1n) is 7.81. The van der Waals surface area contributed by atoms with Crippen LogP contribution in [0.1, 0.15) is 12.5 Å². The maximum Gasteiger partial charge on any atom is 0.192 e. The molecule has 2 N–H and O–H groups in total. The number of anilines is 1. The molecule has 0 spiro atoms. The van der Waals surface area contributed by atoms with Crippen molar-refractivity contribution in [3.05, 3.63) is 29.6 Å². The maximum absolute atomic E-state index is 14.3. The van der Waals surface area contributed by atoms with Crippen molar-refractivity contribution >= 4 is 35.6 Å². The summed E-state index contributed by atoms with van der Waals surface area (Å²) in [5, 5.41) is 6.10. The van der Waals surface area contributed by atoms with Gasteiger partial charge in [0.2, 0.25) is 0 Å². The summed E-state index contributed by atoms with van der Waals surface area (Å²) in [5.41, 5.74) is 1.44. The lowest BCUT2D eigenvalue weighted by atomic mass is 10.1. The highest BCUT2D eigenvalue weighted by Gasteiger charge is 2.15. The van der Waals surface area contributed by atoms with Gasteiger partial charge in [0, 0.05) is 19.6 Å². The van der Waals surface area contributed by atoms with Crippen molar-refractivity contribution in [1.29, 1.82) is 0 Å². The van der Waals surface area contributed by atoms with Gasteiger partial charge in [0.05, 0.1) is 32.0 Å². The van der Waals surface area contributed by atoms with Crippen molar-refractivity contribution in [3.8, 4) is 12.3 Å². The topological polar surface area (TPSA) is 48.9 Å². The minimum atomic E-state index is -0.221. The maximum atomic E-state index is 14.3. The number of terminal acetylenes is 1. The average Bonchev–Trinajstić information content (AvgIpc) is 2.58. The number of guanidine groups is 1. The highest BCUT2D eigenvalue weighted by Crippen LogP contribution is 2.21. The Bertz CT molecular complexity index is 582. The molecule has 2 rings (SSSR count). The molecule has 132 valence electrons. The van der Waals surface area contributed by atoms with E-state index in [2.05, 4.69) is 21.5 Å².